The van der Waals surface area contributed by atoms with Crippen LogP contribution in [-0.2, 0) is 0 Å². The summed E-state index contributed by atoms with van der Waals surface area (Å²) in [7, 11) is 0. The van der Waals surface area contributed by atoms with Crippen LogP contribution in [0.25, 0.3) is 0 Å². The van der Waals surface area contributed by atoms with Crippen molar-refractivity contribution in [3.63, 3.8) is 0 Å². The van der Waals surface area contributed by atoms with Crippen LogP contribution in [-0.4, -0.2) is 52.1 Å². The van der Waals surface area contributed by atoms with Crippen molar-refractivity contribution < 1.29 is 9.84 Å². The molecular formula is C21H27N5O2S. The summed E-state index contributed by atoms with van der Waals surface area (Å²) in [5, 5.41) is 18.0. The molecule has 0 saturated heterocycles. The highest BCUT2D eigenvalue weighted by molar-refractivity contribution is 7.80. The van der Waals surface area contributed by atoms with Gasteiger partial charge >= 0.3 is 0 Å². The van der Waals surface area contributed by atoms with E-state index in [0.29, 0.717) is 24.7 Å². The van der Waals surface area contributed by atoms with E-state index < -0.39 is 0 Å². The zero-order valence-electron chi connectivity index (χ0n) is 16.8. The minimum atomic E-state index is 0.244. The molecule has 0 fully saturated rings. The van der Waals surface area contributed by atoms with Crippen LogP contribution in [0.2, 0.25) is 0 Å². The zero-order valence-corrected chi connectivity index (χ0v) is 17.6. The molecule has 154 valence electrons. The Labute approximate surface area is 176 Å². The Morgan fingerprint density at radius 3 is 3.00 bits per heavy atom. The van der Waals surface area contributed by atoms with Gasteiger partial charge in [0.05, 0.1) is 12.3 Å². The van der Waals surface area contributed by atoms with Crippen molar-refractivity contribution in [3.05, 3.63) is 47.8 Å². The van der Waals surface area contributed by atoms with Gasteiger partial charge < -0.3 is 20.1 Å². The smallest absolute Gasteiger partial charge is 0.189 e. The van der Waals surface area contributed by atoms with Crippen molar-refractivity contribution in [2.45, 2.75) is 26.7 Å². The molecular weight excluding hydrogens is 386 g/mol. The second-order valence-corrected chi connectivity index (χ2v) is 7.23. The van der Waals surface area contributed by atoms with Gasteiger partial charge in [-0.15, -0.1) is 0 Å². The Hall–Kier alpha value is -2.87. The van der Waals surface area contributed by atoms with Crippen LogP contribution < -0.4 is 15.5 Å². The van der Waals surface area contributed by atoms with E-state index in [1.807, 2.05) is 25.1 Å². The van der Waals surface area contributed by atoms with Gasteiger partial charge in [-0.3, -0.25) is 10.4 Å². The maximum Gasteiger partial charge on any atom is 0.189 e. The fourth-order valence-corrected chi connectivity index (χ4v) is 3.36. The van der Waals surface area contributed by atoms with Crippen molar-refractivity contribution in [2.24, 2.45) is 5.10 Å². The number of phenols is 1. The van der Waals surface area contributed by atoms with Gasteiger partial charge in [0, 0.05) is 44.0 Å². The van der Waals surface area contributed by atoms with E-state index in [1.165, 1.54) is 0 Å². The van der Waals surface area contributed by atoms with E-state index in [9.17, 15) is 5.11 Å². The molecule has 0 radical (unpaired) electrons. The third-order valence-corrected chi connectivity index (χ3v) is 4.93. The van der Waals surface area contributed by atoms with Gasteiger partial charge in [-0.1, -0.05) is 13.0 Å². The molecule has 7 nitrogen and oxygen atoms in total. The SMILES string of the molecule is CCCN(CCNc1cccc(O)c1)C(=S)N/N=C1/CCOc2c(C)ccnc21. The van der Waals surface area contributed by atoms with E-state index in [1.54, 1.807) is 18.3 Å². The number of aryl methyl sites for hydroxylation is 1. The lowest BCUT2D eigenvalue weighted by molar-refractivity contribution is 0.316. The number of phenolic OH excluding ortho intramolecular Hbond substituents is 1. The average Bonchev–Trinajstić information content (AvgIpc) is 2.72. The lowest BCUT2D eigenvalue weighted by Crippen LogP contribution is -2.41. The van der Waals surface area contributed by atoms with Crippen LogP contribution in [0.15, 0.2) is 41.6 Å². The third kappa shape index (κ3) is 5.57. The number of hydrazone groups is 1. The van der Waals surface area contributed by atoms with Crippen molar-refractivity contribution in [3.8, 4) is 11.5 Å². The van der Waals surface area contributed by atoms with Gasteiger partial charge in [-0.25, -0.2) is 0 Å². The molecule has 1 aromatic carbocycles. The Morgan fingerprint density at radius 2 is 2.21 bits per heavy atom. The summed E-state index contributed by atoms with van der Waals surface area (Å²) in [4.78, 5) is 6.51. The molecule has 2 heterocycles. The number of aromatic hydroxyl groups is 1. The number of hydrogen-bond acceptors (Lipinski definition) is 6. The number of anilines is 1. The molecule has 0 atom stereocenters. The number of hydrogen-bond donors (Lipinski definition) is 3. The van der Waals surface area contributed by atoms with E-state index in [4.69, 9.17) is 17.0 Å². The predicted molar refractivity (Wildman–Crippen MR) is 120 cm³/mol. The first-order valence-electron chi connectivity index (χ1n) is 9.81. The minimum Gasteiger partial charge on any atom is -0.508 e. The number of fused-ring (bicyclic) bond motifs is 1. The summed E-state index contributed by atoms with van der Waals surface area (Å²) < 4.78 is 5.74. The molecule has 0 amide bonds. The maximum atomic E-state index is 9.56. The highest BCUT2D eigenvalue weighted by Gasteiger charge is 2.20. The topological polar surface area (TPSA) is 82.0 Å². The standard InChI is InChI=1S/C21H27N5O2S/c1-3-11-26(12-10-22-16-5-4-6-17(27)14-16)21(29)25-24-18-8-13-28-20-15(2)7-9-23-19(18)20/h4-7,9,14,22,27H,3,8,10-13H2,1-2H3,(H,25,29)/b24-18-. The number of rotatable bonds is 7. The molecule has 0 bridgehead atoms. The van der Waals surface area contributed by atoms with Crippen molar-refractivity contribution in [1.82, 2.24) is 15.3 Å². The number of benzene rings is 1. The lowest BCUT2D eigenvalue weighted by atomic mass is 10.1. The van der Waals surface area contributed by atoms with Gasteiger partial charge in [0.1, 0.15) is 17.2 Å². The second kappa shape index (κ2) is 10.1. The summed E-state index contributed by atoms with van der Waals surface area (Å²) in [5.41, 5.74) is 6.60. The number of thiocarbonyl (C=S) groups is 1. The van der Waals surface area contributed by atoms with Crippen LogP contribution in [0.1, 0.15) is 31.0 Å². The van der Waals surface area contributed by atoms with Gasteiger partial charge in [0.2, 0.25) is 0 Å². The first-order chi connectivity index (χ1) is 14.1. The van der Waals surface area contributed by atoms with Gasteiger partial charge in [-0.2, -0.15) is 5.10 Å². The van der Waals surface area contributed by atoms with Crippen LogP contribution in [0.3, 0.4) is 0 Å². The second-order valence-electron chi connectivity index (χ2n) is 6.84. The van der Waals surface area contributed by atoms with Crippen molar-refractivity contribution in [1.29, 1.82) is 0 Å². The molecule has 1 aliphatic rings. The molecule has 3 N–H and O–H groups in total. The monoisotopic (exact) mass is 413 g/mol. The third-order valence-electron chi connectivity index (χ3n) is 4.58. The predicted octanol–water partition coefficient (Wildman–Crippen LogP) is 3.28. The average molecular weight is 414 g/mol. The number of ether oxygens (including phenoxy) is 1. The minimum absolute atomic E-state index is 0.244. The van der Waals surface area contributed by atoms with Gasteiger partial charge in [-0.05, 0) is 49.3 Å². The van der Waals surface area contributed by atoms with Crippen LogP contribution in [0.4, 0.5) is 5.69 Å². The number of nitrogens with zero attached hydrogens (tertiary/aromatic N) is 3. The Morgan fingerprint density at radius 1 is 1.34 bits per heavy atom. The summed E-state index contributed by atoms with van der Waals surface area (Å²) in [6, 6.07) is 9.01. The van der Waals surface area contributed by atoms with Crippen molar-refractivity contribution >= 4 is 28.7 Å². The van der Waals surface area contributed by atoms with E-state index >= 15 is 0 Å². The number of aromatic nitrogens is 1. The summed E-state index contributed by atoms with van der Waals surface area (Å²) in [6.45, 7) is 6.95. The molecule has 2 aromatic rings. The fraction of sp³-hybridized carbons (Fsp3) is 0.381. The van der Waals surface area contributed by atoms with E-state index in [2.05, 4.69) is 32.7 Å². The molecule has 0 spiro atoms. The molecule has 3 rings (SSSR count). The largest absolute Gasteiger partial charge is 0.508 e. The number of nitrogens with one attached hydrogen (secondary N) is 2. The quantitative estimate of drug-likeness (QED) is 0.475. The van der Waals surface area contributed by atoms with Crippen LogP contribution in [0.5, 0.6) is 11.5 Å². The molecule has 1 aromatic heterocycles. The van der Waals surface area contributed by atoms with Crippen LogP contribution >= 0.6 is 12.2 Å². The van der Waals surface area contributed by atoms with E-state index in [0.717, 1.165) is 47.9 Å². The first kappa shape index (κ1) is 20.9. The van der Waals surface area contributed by atoms with Crippen molar-refractivity contribution in [2.75, 3.05) is 31.6 Å². The van der Waals surface area contributed by atoms with E-state index in [-0.39, 0.29) is 5.75 Å². The molecule has 0 saturated carbocycles. The molecule has 0 unspecified atom stereocenters. The highest BCUT2D eigenvalue weighted by atomic mass is 32.1. The number of pyridine rings is 1. The summed E-state index contributed by atoms with van der Waals surface area (Å²) in [5.74, 6) is 1.04. The van der Waals surface area contributed by atoms with Gasteiger partial charge in [0.15, 0.2) is 5.11 Å². The normalized spacial score (nSPS) is 14.1. The first-order valence-corrected chi connectivity index (χ1v) is 10.2. The molecule has 0 aliphatic carbocycles. The summed E-state index contributed by atoms with van der Waals surface area (Å²) >= 11 is 5.57. The molecule has 8 heteroatoms. The molecule has 1 aliphatic heterocycles. The maximum absolute atomic E-state index is 9.56. The fourth-order valence-electron chi connectivity index (χ4n) is 3.13. The highest BCUT2D eigenvalue weighted by Crippen LogP contribution is 2.26. The Balaban J connectivity index is 1.60. The summed E-state index contributed by atoms with van der Waals surface area (Å²) in [6.07, 6.45) is 3.43. The van der Waals surface area contributed by atoms with Gasteiger partial charge in [0.25, 0.3) is 0 Å². The molecule has 29 heavy (non-hydrogen) atoms. The lowest BCUT2D eigenvalue weighted by Gasteiger charge is -2.25. The Kier molecular flexibility index (Phi) is 7.24. The zero-order chi connectivity index (χ0) is 20.6. The Bertz CT molecular complexity index is 887. The van der Waals surface area contributed by atoms with Crippen LogP contribution in [0, 0.1) is 6.92 Å².